The van der Waals surface area contributed by atoms with Crippen LogP contribution in [-0.2, 0) is 16.8 Å². The number of nitrogens with zero attached hydrogens (tertiary/aromatic N) is 4. The fraction of sp³-hybridized carbons (Fsp3) is 0.312. The minimum Gasteiger partial charge on any atom is -0.445 e. The number of likely N-dealkylation sites (N-methyl/N-ethyl adjacent to an activating group) is 1. The number of amides is 2. The molecular weight excluding hydrogens is 548 g/mol. The van der Waals surface area contributed by atoms with Crippen molar-refractivity contribution in [3.63, 3.8) is 0 Å². The van der Waals surface area contributed by atoms with Crippen molar-refractivity contribution >= 4 is 34.8 Å². The van der Waals surface area contributed by atoms with Crippen molar-refractivity contribution in [3.05, 3.63) is 95.8 Å². The SMILES string of the molecule is C=CCOC(=O)n1nc(NC(=O)c2ccc(CN3CCN(C)CC3)cc2)c2oc(C(=O)NC(C)(C)c3ccccc3)cc21. The van der Waals surface area contributed by atoms with E-state index in [0.29, 0.717) is 5.56 Å². The number of nitrogens with one attached hydrogen (secondary N) is 2. The summed E-state index contributed by atoms with van der Waals surface area (Å²) in [5, 5.41) is 9.92. The van der Waals surface area contributed by atoms with E-state index in [1.165, 1.54) is 12.1 Å². The Hall–Kier alpha value is -4.74. The van der Waals surface area contributed by atoms with Gasteiger partial charge in [0.15, 0.2) is 17.2 Å². The second-order valence-electron chi connectivity index (χ2n) is 11.1. The Morgan fingerprint density at radius 1 is 1.02 bits per heavy atom. The van der Waals surface area contributed by atoms with Crippen LogP contribution in [0.15, 0.2) is 77.7 Å². The summed E-state index contributed by atoms with van der Waals surface area (Å²) in [5.74, 6) is -1.00. The molecule has 0 bridgehead atoms. The molecule has 11 nitrogen and oxygen atoms in total. The van der Waals surface area contributed by atoms with Crippen LogP contribution in [0, 0.1) is 0 Å². The molecule has 5 rings (SSSR count). The average Bonchev–Trinajstić information content (AvgIpc) is 3.58. The van der Waals surface area contributed by atoms with Crippen LogP contribution in [0.4, 0.5) is 10.6 Å². The molecule has 2 aromatic carbocycles. The Kier molecular flexibility index (Phi) is 8.74. The third kappa shape index (κ3) is 6.85. The molecule has 1 saturated heterocycles. The number of anilines is 1. The van der Waals surface area contributed by atoms with Crippen LogP contribution in [-0.4, -0.2) is 77.3 Å². The lowest BCUT2D eigenvalue weighted by atomic mass is 9.94. The Morgan fingerprint density at radius 3 is 2.40 bits per heavy atom. The van der Waals surface area contributed by atoms with Crippen molar-refractivity contribution in [1.29, 1.82) is 0 Å². The summed E-state index contributed by atoms with van der Waals surface area (Å²) >= 11 is 0. The van der Waals surface area contributed by atoms with Gasteiger partial charge in [-0.2, -0.15) is 4.68 Å². The van der Waals surface area contributed by atoms with E-state index in [2.05, 4.69) is 39.2 Å². The Morgan fingerprint density at radius 2 is 1.72 bits per heavy atom. The van der Waals surface area contributed by atoms with Gasteiger partial charge in [0.05, 0.1) is 5.54 Å². The first kappa shape index (κ1) is 29.7. The van der Waals surface area contributed by atoms with Crippen molar-refractivity contribution in [3.8, 4) is 0 Å². The van der Waals surface area contributed by atoms with Crippen LogP contribution in [0.3, 0.4) is 0 Å². The average molecular weight is 585 g/mol. The summed E-state index contributed by atoms with van der Waals surface area (Å²) in [7, 11) is 2.12. The lowest BCUT2D eigenvalue weighted by Crippen LogP contribution is -2.43. The van der Waals surface area contributed by atoms with Crippen LogP contribution >= 0.6 is 0 Å². The second kappa shape index (κ2) is 12.6. The van der Waals surface area contributed by atoms with E-state index >= 15 is 0 Å². The maximum atomic E-state index is 13.2. The number of benzene rings is 2. The van der Waals surface area contributed by atoms with Gasteiger partial charge in [-0.1, -0.05) is 55.1 Å². The second-order valence-corrected chi connectivity index (χ2v) is 11.1. The lowest BCUT2D eigenvalue weighted by molar-refractivity contribution is 0.0885. The van der Waals surface area contributed by atoms with Gasteiger partial charge < -0.3 is 24.7 Å². The summed E-state index contributed by atoms with van der Waals surface area (Å²) in [6, 6.07) is 18.3. The highest BCUT2D eigenvalue weighted by atomic mass is 16.6. The van der Waals surface area contributed by atoms with Crippen molar-refractivity contribution in [2.75, 3.05) is 45.2 Å². The fourth-order valence-electron chi connectivity index (χ4n) is 4.91. The molecule has 2 aromatic heterocycles. The molecule has 224 valence electrons. The van der Waals surface area contributed by atoms with Gasteiger partial charge in [0.25, 0.3) is 11.8 Å². The van der Waals surface area contributed by atoms with Gasteiger partial charge in [-0.05, 0) is 44.2 Å². The third-order valence-electron chi connectivity index (χ3n) is 7.45. The number of piperazine rings is 1. The first-order valence-electron chi connectivity index (χ1n) is 14.1. The van der Waals surface area contributed by atoms with Crippen molar-refractivity contribution < 1.29 is 23.5 Å². The van der Waals surface area contributed by atoms with Gasteiger partial charge in [-0.25, -0.2) is 4.79 Å². The molecule has 0 radical (unpaired) electrons. The molecule has 3 heterocycles. The van der Waals surface area contributed by atoms with Crippen molar-refractivity contribution in [2.24, 2.45) is 0 Å². The summed E-state index contributed by atoms with van der Waals surface area (Å²) < 4.78 is 12.0. The van der Waals surface area contributed by atoms with E-state index in [-0.39, 0.29) is 29.3 Å². The summed E-state index contributed by atoms with van der Waals surface area (Å²) in [5.41, 5.74) is 1.96. The number of hydrogen-bond donors (Lipinski definition) is 2. The number of rotatable bonds is 9. The van der Waals surface area contributed by atoms with Crippen LogP contribution in [0.5, 0.6) is 0 Å². The van der Waals surface area contributed by atoms with Gasteiger partial charge in [-0.3, -0.25) is 14.5 Å². The van der Waals surface area contributed by atoms with E-state index in [9.17, 15) is 14.4 Å². The maximum absolute atomic E-state index is 13.2. The summed E-state index contributed by atoms with van der Waals surface area (Å²) in [4.78, 5) is 43.9. The molecule has 0 unspecified atom stereocenters. The minimum atomic E-state index is -0.809. The number of carbonyl (C=O) groups excluding carboxylic acids is 3. The lowest BCUT2D eigenvalue weighted by Gasteiger charge is -2.32. The molecule has 1 aliphatic rings. The van der Waals surface area contributed by atoms with E-state index in [1.54, 1.807) is 12.1 Å². The fourth-order valence-corrected chi connectivity index (χ4v) is 4.91. The van der Waals surface area contributed by atoms with E-state index in [0.717, 1.165) is 48.5 Å². The molecule has 0 spiro atoms. The Bertz CT molecular complexity index is 1620. The molecule has 0 aliphatic carbocycles. The smallest absolute Gasteiger partial charge is 0.435 e. The minimum absolute atomic E-state index is 0.0153. The number of ether oxygens (including phenoxy) is 1. The summed E-state index contributed by atoms with van der Waals surface area (Å²) in [6.07, 6.45) is 0.616. The number of carbonyl (C=O) groups is 3. The van der Waals surface area contributed by atoms with Gasteiger partial charge in [0.1, 0.15) is 12.1 Å². The maximum Gasteiger partial charge on any atom is 0.435 e. The van der Waals surface area contributed by atoms with E-state index < -0.39 is 23.4 Å². The van der Waals surface area contributed by atoms with Gasteiger partial charge >= 0.3 is 6.09 Å². The molecule has 1 fully saturated rings. The highest BCUT2D eigenvalue weighted by Gasteiger charge is 2.28. The predicted octanol–water partition coefficient (Wildman–Crippen LogP) is 4.46. The van der Waals surface area contributed by atoms with Crippen molar-refractivity contribution in [2.45, 2.75) is 25.9 Å². The zero-order chi connectivity index (χ0) is 30.6. The standard InChI is InChI=1S/C32H36N6O5/c1-5-19-42-31(41)38-25-20-26(30(40)34-32(2,3)24-9-7-6-8-10-24)43-27(25)28(35-38)33-29(39)23-13-11-22(12-14-23)21-37-17-15-36(4)16-18-37/h5-14,20H,1,15-19,21H2,2-4H3,(H,34,40)(H,33,35,39). The first-order valence-corrected chi connectivity index (χ1v) is 14.1. The highest BCUT2D eigenvalue weighted by Crippen LogP contribution is 2.29. The quantitative estimate of drug-likeness (QED) is 0.277. The van der Waals surface area contributed by atoms with Crippen LogP contribution in [0.25, 0.3) is 11.1 Å². The zero-order valence-electron chi connectivity index (χ0n) is 24.6. The molecule has 43 heavy (non-hydrogen) atoms. The molecule has 2 N–H and O–H groups in total. The molecule has 2 amide bonds. The highest BCUT2D eigenvalue weighted by molar-refractivity contribution is 6.08. The largest absolute Gasteiger partial charge is 0.445 e. The third-order valence-corrected chi connectivity index (χ3v) is 7.45. The Labute approximate surface area is 250 Å². The van der Waals surface area contributed by atoms with Gasteiger partial charge in [-0.15, -0.1) is 5.10 Å². The van der Waals surface area contributed by atoms with E-state index in [4.69, 9.17) is 9.15 Å². The number of fused-ring (bicyclic) bond motifs is 1. The molecular formula is C32H36N6O5. The van der Waals surface area contributed by atoms with Gasteiger partial charge in [0, 0.05) is 44.4 Å². The molecule has 1 aliphatic heterocycles. The zero-order valence-corrected chi connectivity index (χ0v) is 24.6. The Balaban J connectivity index is 1.36. The van der Waals surface area contributed by atoms with Crippen LogP contribution in [0.1, 0.15) is 45.9 Å². The number of hydrogen-bond acceptors (Lipinski definition) is 8. The predicted molar refractivity (Wildman–Crippen MR) is 163 cm³/mol. The molecule has 4 aromatic rings. The summed E-state index contributed by atoms with van der Waals surface area (Å²) in [6.45, 7) is 12.1. The van der Waals surface area contributed by atoms with Gasteiger partial charge in [0.2, 0.25) is 0 Å². The molecule has 0 atom stereocenters. The monoisotopic (exact) mass is 584 g/mol. The van der Waals surface area contributed by atoms with Crippen molar-refractivity contribution in [1.82, 2.24) is 24.9 Å². The molecule has 0 saturated carbocycles. The van der Waals surface area contributed by atoms with E-state index in [1.807, 2.05) is 56.3 Å². The first-order chi connectivity index (χ1) is 20.6. The normalized spacial score (nSPS) is 14.4. The number of furan rings is 1. The topological polar surface area (TPSA) is 122 Å². The molecule has 11 heteroatoms. The number of aromatic nitrogens is 2. The van der Waals surface area contributed by atoms with Crippen LogP contribution in [0.2, 0.25) is 0 Å². The van der Waals surface area contributed by atoms with Crippen LogP contribution < -0.4 is 10.6 Å².